The molecule has 0 unspecified atom stereocenters. The van der Waals surface area contributed by atoms with Crippen molar-refractivity contribution in [3.63, 3.8) is 0 Å². The summed E-state index contributed by atoms with van der Waals surface area (Å²) >= 11 is 0. The molecule has 0 fully saturated rings. The fourth-order valence-corrected chi connectivity index (χ4v) is 3.58. The standard InChI is InChI=1S/C20H19N3O4/c1-27-16-5-3-14(4-6-16)21-19(25)20(26)22-15-10-12-2-7-17(24)23-9-8-13(11-15)18(12)23/h3-6,10-11H,2,7-9H2,1H3,(H,21,25)(H,22,26). The Kier molecular flexibility index (Phi) is 4.27. The van der Waals surface area contributed by atoms with Crippen molar-refractivity contribution < 1.29 is 19.1 Å². The van der Waals surface area contributed by atoms with Gasteiger partial charge < -0.3 is 20.3 Å². The Balaban J connectivity index is 1.47. The minimum atomic E-state index is -0.744. The van der Waals surface area contributed by atoms with Crippen LogP contribution >= 0.6 is 0 Å². The number of carbonyl (C=O) groups excluding carboxylic acids is 3. The van der Waals surface area contributed by atoms with E-state index in [2.05, 4.69) is 10.6 Å². The fraction of sp³-hybridized carbons (Fsp3) is 0.250. The van der Waals surface area contributed by atoms with Crippen molar-refractivity contribution in [3.05, 3.63) is 47.5 Å². The minimum absolute atomic E-state index is 0.150. The first-order valence-electron chi connectivity index (χ1n) is 8.77. The third kappa shape index (κ3) is 3.23. The highest BCUT2D eigenvalue weighted by Crippen LogP contribution is 2.38. The van der Waals surface area contributed by atoms with E-state index in [-0.39, 0.29) is 5.91 Å². The Morgan fingerprint density at radius 3 is 2.22 bits per heavy atom. The van der Waals surface area contributed by atoms with Crippen molar-refractivity contribution in [2.75, 3.05) is 29.2 Å². The molecule has 2 N–H and O–H groups in total. The largest absolute Gasteiger partial charge is 0.497 e. The molecular weight excluding hydrogens is 346 g/mol. The molecule has 3 amide bonds. The van der Waals surface area contributed by atoms with Gasteiger partial charge in [0.2, 0.25) is 5.91 Å². The molecule has 0 saturated heterocycles. The van der Waals surface area contributed by atoms with Gasteiger partial charge in [-0.25, -0.2) is 0 Å². The smallest absolute Gasteiger partial charge is 0.314 e. The van der Waals surface area contributed by atoms with E-state index in [0.29, 0.717) is 36.5 Å². The van der Waals surface area contributed by atoms with Gasteiger partial charge in [-0.15, -0.1) is 0 Å². The number of methoxy groups -OCH3 is 1. The van der Waals surface area contributed by atoms with Crippen LogP contribution in [0.15, 0.2) is 36.4 Å². The molecule has 2 heterocycles. The quantitative estimate of drug-likeness (QED) is 0.816. The van der Waals surface area contributed by atoms with Gasteiger partial charge in [0, 0.05) is 24.3 Å². The van der Waals surface area contributed by atoms with E-state index >= 15 is 0 Å². The maximum Gasteiger partial charge on any atom is 0.314 e. The lowest BCUT2D eigenvalue weighted by atomic mass is 9.98. The molecule has 7 nitrogen and oxygen atoms in total. The van der Waals surface area contributed by atoms with Gasteiger partial charge in [-0.05, 0) is 60.4 Å². The SMILES string of the molecule is COc1ccc(NC(=O)C(=O)Nc2cc3c4c(c2)CCN4C(=O)CC3)cc1. The summed E-state index contributed by atoms with van der Waals surface area (Å²) in [5.41, 5.74) is 4.14. The second kappa shape index (κ2) is 6.75. The summed E-state index contributed by atoms with van der Waals surface area (Å²) in [6.45, 7) is 0.677. The molecule has 0 saturated carbocycles. The summed E-state index contributed by atoms with van der Waals surface area (Å²) in [6.07, 6.45) is 1.89. The number of amides is 3. The first-order chi connectivity index (χ1) is 13.0. The molecule has 0 radical (unpaired) electrons. The van der Waals surface area contributed by atoms with E-state index in [1.807, 2.05) is 17.0 Å². The van der Waals surface area contributed by atoms with Crippen LogP contribution in [0.3, 0.4) is 0 Å². The molecular formula is C20H19N3O4. The van der Waals surface area contributed by atoms with Crippen molar-refractivity contribution in [3.8, 4) is 5.75 Å². The average Bonchev–Trinajstić information content (AvgIpc) is 3.10. The van der Waals surface area contributed by atoms with Gasteiger partial charge in [0.15, 0.2) is 0 Å². The van der Waals surface area contributed by atoms with Gasteiger partial charge >= 0.3 is 11.8 Å². The van der Waals surface area contributed by atoms with Gasteiger partial charge in [0.05, 0.1) is 12.8 Å². The van der Waals surface area contributed by atoms with Crippen LogP contribution in [-0.2, 0) is 27.2 Å². The van der Waals surface area contributed by atoms with Crippen LogP contribution in [0.5, 0.6) is 5.75 Å². The first kappa shape index (κ1) is 17.1. The van der Waals surface area contributed by atoms with Crippen molar-refractivity contribution in [1.82, 2.24) is 0 Å². The lowest BCUT2D eigenvalue weighted by molar-refractivity contribution is -0.132. The summed E-state index contributed by atoms with van der Waals surface area (Å²) in [7, 11) is 1.56. The Bertz CT molecular complexity index is 937. The van der Waals surface area contributed by atoms with E-state index in [1.165, 1.54) is 0 Å². The number of carbonyl (C=O) groups is 3. The average molecular weight is 365 g/mol. The maximum atomic E-state index is 12.3. The van der Waals surface area contributed by atoms with Gasteiger partial charge in [-0.2, -0.15) is 0 Å². The zero-order chi connectivity index (χ0) is 19.0. The number of aryl methyl sites for hydroxylation is 1. The number of hydrogen-bond acceptors (Lipinski definition) is 4. The summed E-state index contributed by atoms with van der Waals surface area (Å²) in [5.74, 6) is -0.667. The van der Waals surface area contributed by atoms with Crippen molar-refractivity contribution in [1.29, 1.82) is 0 Å². The highest BCUT2D eigenvalue weighted by Gasteiger charge is 2.31. The molecule has 4 rings (SSSR count). The lowest BCUT2D eigenvalue weighted by Gasteiger charge is -2.25. The van der Waals surface area contributed by atoms with E-state index < -0.39 is 11.8 Å². The molecule has 2 aromatic rings. The molecule has 27 heavy (non-hydrogen) atoms. The van der Waals surface area contributed by atoms with Crippen LogP contribution in [0.4, 0.5) is 17.1 Å². The number of nitrogens with zero attached hydrogens (tertiary/aromatic N) is 1. The summed E-state index contributed by atoms with van der Waals surface area (Å²) < 4.78 is 5.06. The molecule has 0 aromatic heterocycles. The Hall–Kier alpha value is -3.35. The molecule has 0 atom stereocenters. The first-order valence-corrected chi connectivity index (χ1v) is 8.77. The van der Waals surface area contributed by atoms with Crippen molar-refractivity contribution in [2.24, 2.45) is 0 Å². The number of anilines is 3. The number of benzene rings is 2. The second-order valence-electron chi connectivity index (χ2n) is 6.58. The number of hydrogen-bond donors (Lipinski definition) is 2. The van der Waals surface area contributed by atoms with Crippen LogP contribution in [0, 0.1) is 0 Å². The highest BCUT2D eigenvalue weighted by molar-refractivity contribution is 6.43. The predicted molar refractivity (Wildman–Crippen MR) is 101 cm³/mol. The molecule has 0 spiro atoms. The highest BCUT2D eigenvalue weighted by atomic mass is 16.5. The van der Waals surface area contributed by atoms with Crippen LogP contribution in [0.2, 0.25) is 0 Å². The monoisotopic (exact) mass is 365 g/mol. The normalized spacial score (nSPS) is 14.6. The van der Waals surface area contributed by atoms with E-state index in [0.717, 1.165) is 23.2 Å². The zero-order valence-corrected chi connectivity index (χ0v) is 14.9. The third-order valence-electron chi connectivity index (χ3n) is 4.86. The van der Waals surface area contributed by atoms with Crippen LogP contribution in [0.1, 0.15) is 17.5 Å². The molecule has 7 heteroatoms. The zero-order valence-electron chi connectivity index (χ0n) is 14.9. The Labute approximate surface area is 156 Å². The molecule has 2 aliphatic heterocycles. The summed E-state index contributed by atoms with van der Waals surface area (Å²) in [5, 5.41) is 5.22. The van der Waals surface area contributed by atoms with E-state index in [4.69, 9.17) is 4.74 Å². The van der Waals surface area contributed by atoms with Crippen LogP contribution < -0.4 is 20.3 Å². The van der Waals surface area contributed by atoms with Gasteiger partial charge in [-0.3, -0.25) is 14.4 Å². The summed E-state index contributed by atoms with van der Waals surface area (Å²) in [4.78, 5) is 38.2. The topological polar surface area (TPSA) is 87.7 Å². The predicted octanol–water partition coefficient (Wildman–Crippen LogP) is 2.11. The number of rotatable bonds is 3. The van der Waals surface area contributed by atoms with Crippen molar-refractivity contribution >= 4 is 34.8 Å². The fourth-order valence-electron chi connectivity index (χ4n) is 3.58. The minimum Gasteiger partial charge on any atom is -0.497 e. The third-order valence-corrected chi connectivity index (χ3v) is 4.86. The van der Waals surface area contributed by atoms with Crippen LogP contribution in [0.25, 0.3) is 0 Å². The van der Waals surface area contributed by atoms with Crippen molar-refractivity contribution in [2.45, 2.75) is 19.3 Å². The Morgan fingerprint density at radius 1 is 0.926 bits per heavy atom. The van der Waals surface area contributed by atoms with E-state index in [1.54, 1.807) is 31.4 Å². The number of ether oxygens (including phenoxy) is 1. The van der Waals surface area contributed by atoms with Gasteiger partial charge in [-0.1, -0.05) is 0 Å². The molecule has 0 bridgehead atoms. The lowest BCUT2D eigenvalue weighted by Crippen LogP contribution is -2.33. The molecule has 0 aliphatic carbocycles. The Morgan fingerprint density at radius 2 is 1.56 bits per heavy atom. The van der Waals surface area contributed by atoms with Gasteiger partial charge in [0.25, 0.3) is 0 Å². The number of nitrogens with one attached hydrogen (secondary N) is 2. The van der Waals surface area contributed by atoms with Crippen LogP contribution in [-0.4, -0.2) is 31.4 Å². The second-order valence-corrected chi connectivity index (χ2v) is 6.58. The molecule has 2 aliphatic rings. The summed E-state index contributed by atoms with van der Waals surface area (Å²) in [6, 6.07) is 10.4. The van der Waals surface area contributed by atoms with Gasteiger partial charge in [0.1, 0.15) is 5.75 Å². The molecule has 2 aromatic carbocycles. The maximum absolute atomic E-state index is 12.3. The van der Waals surface area contributed by atoms with E-state index in [9.17, 15) is 14.4 Å². The molecule has 138 valence electrons.